The molecular weight excluding hydrogens is 208 g/mol. The van der Waals surface area contributed by atoms with E-state index in [0.717, 1.165) is 11.8 Å². The van der Waals surface area contributed by atoms with Gasteiger partial charge in [0.15, 0.2) is 11.4 Å². The minimum absolute atomic E-state index is 0.110. The Labute approximate surface area is 86.4 Å². The maximum absolute atomic E-state index is 10.8. The molecular formula is C8H14O5S. The van der Waals surface area contributed by atoms with Crippen LogP contribution in [0.5, 0.6) is 0 Å². The number of rotatable bonds is 2. The van der Waals surface area contributed by atoms with E-state index in [1.54, 1.807) is 0 Å². The van der Waals surface area contributed by atoms with Crippen LogP contribution in [0, 0.1) is 0 Å². The molecule has 0 bridgehead atoms. The average molecular weight is 222 g/mol. The fraction of sp³-hybridized carbons (Fsp3) is 0.875. The van der Waals surface area contributed by atoms with Crippen molar-refractivity contribution in [2.75, 3.05) is 13.7 Å². The van der Waals surface area contributed by atoms with Gasteiger partial charge < -0.3 is 19.7 Å². The summed E-state index contributed by atoms with van der Waals surface area (Å²) in [5.74, 6) is 0. The SMILES string of the molecule is CO[C@H]1OC[C@@H](SC(C)=O)[C@@H](O)C1O. The summed E-state index contributed by atoms with van der Waals surface area (Å²) < 4.78 is 9.92. The molecule has 0 aromatic heterocycles. The van der Waals surface area contributed by atoms with Gasteiger partial charge >= 0.3 is 0 Å². The lowest BCUT2D eigenvalue weighted by Gasteiger charge is -2.35. The van der Waals surface area contributed by atoms with Crippen LogP contribution in [0.2, 0.25) is 0 Å². The Morgan fingerprint density at radius 3 is 2.64 bits per heavy atom. The molecule has 0 amide bonds. The summed E-state index contributed by atoms with van der Waals surface area (Å²) in [7, 11) is 1.39. The van der Waals surface area contributed by atoms with Crippen molar-refractivity contribution in [1.82, 2.24) is 0 Å². The molecule has 0 spiro atoms. The summed E-state index contributed by atoms with van der Waals surface area (Å²) in [5, 5.41) is 18.6. The number of methoxy groups -OCH3 is 1. The van der Waals surface area contributed by atoms with Crippen molar-refractivity contribution < 1.29 is 24.5 Å². The number of ether oxygens (including phenoxy) is 2. The van der Waals surface area contributed by atoms with Crippen LogP contribution in [0.1, 0.15) is 6.92 Å². The topological polar surface area (TPSA) is 76.0 Å². The third-order valence-electron chi connectivity index (χ3n) is 1.98. The Hall–Kier alpha value is -0.140. The van der Waals surface area contributed by atoms with Gasteiger partial charge in [-0.05, 0) is 0 Å². The zero-order chi connectivity index (χ0) is 10.7. The molecule has 0 aliphatic carbocycles. The summed E-state index contributed by atoms with van der Waals surface area (Å²) in [6, 6.07) is 0. The molecule has 4 atom stereocenters. The largest absolute Gasteiger partial charge is 0.389 e. The summed E-state index contributed by atoms with van der Waals surface area (Å²) in [6.07, 6.45) is -2.91. The number of carbonyl (C=O) groups is 1. The molecule has 1 saturated heterocycles. The van der Waals surface area contributed by atoms with Crippen LogP contribution in [0.25, 0.3) is 0 Å². The smallest absolute Gasteiger partial charge is 0.186 e. The van der Waals surface area contributed by atoms with Crippen LogP contribution in [-0.4, -0.2) is 52.8 Å². The van der Waals surface area contributed by atoms with Crippen LogP contribution in [-0.2, 0) is 14.3 Å². The van der Waals surface area contributed by atoms with Crippen molar-refractivity contribution in [2.24, 2.45) is 0 Å². The van der Waals surface area contributed by atoms with Crippen LogP contribution < -0.4 is 0 Å². The average Bonchev–Trinajstić information content (AvgIpc) is 2.13. The lowest BCUT2D eigenvalue weighted by Crippen LogP contribution is -2.52. The molecule has 1 aliphatic rings. The van der Waals surface area contributed by atoms with Gasteiger partial charge in [0.2, 0.25) is 0 Å². The van der Waals surface area contributed by atoms with Gasteiger partial charge in [-0.1, -0.05) is 11.8 Å². The fourth-order valence-electron chi connectivity index (χ4n) is 1.29. The van der Waals surface area contributed by atoms with E-state index in [1.807, 2.05) is 0 Å². The van der Waals surface area contributed by atoms with E-state index >= 15 is 0 Å². The van der Waals surface area contributed by atoms with Crippen molar-refractivity contribution in [3.05, 3.63) is 0 Å². The first-order chi connectivity index (χ1) is 6.56. The molecule has 6 heteroatoms. The molecule has 0 saturated carbocycles. The van der Waals surface area contributed by atoms with E-state index < -0.39 is 23.7 Å². The molecule has 1 aliphatic heterocycles. The zero-order valence-electron chi connectivity index (χ0n) is 8.04. The van der Waals surface area contributed by atoms with Gasteiger partial charge in [-0.2, -0.15) is 0 Å². The molecule has 1 fully saturated rings. The van der Waals surface area contributed by atoms with Gasteiger partial charge in [0, 0.05) is 14.0 Å². The van der Waals surface area contributed by atoms with E-state index in [-0.39, 0.29) is 11.7 Å². The lowest BCUT2D eigenvalue weighted by molar-refractivity contribution is -0.229. The Bertz CT molecular complexity index is 210. The third kappa shape index (κ3) is 2.68. The first kappa shape index (κ1) is 11.9. The Morgan fingerprint density at radius 1 is 1.50 bits per heavy atom. The maximum Gasteiger partial charge on any atom is 0.186 e. The van der Waals surface area contributed by atoms with Gasteiger partial charge in [-0.3, -0.25) is 4.79 Å². The van der Waals surface area contributed by atoms with E-state index in [2.05, 4.69) is 0 Å². The van der Waals surface area contributed by atoms with Gasteiger partial charge in [-0.15, -0.1) is 0 Å². The van der Waals surface area contributed by atoms with Gasteiger partial charge in [0.1, 0.15) is 6.10 Å². The molecule has 2 N–H and O–H groups in total. The normalized spacial score (nSPS) is 38.3. The predicted molar refractivity (Wildman–Crippen MR) is 50.8 cm³/mol. The summed E-state index contributed by atoms with van der Waals surface area (Å²) >= 11 is 0.970. The first-order valence-corrected chi connectivity index (χ1v) is 5.12. The summed E-state index contributed by atoms with van der Waals surface area (Å²) in [6.45, 7) is 1.60. The minimum atomic E-state index is -1.11. The number of thioether (sulfide) groups is 1. The highest BCUT2D eigenvalue weighted by Crippen LogP contribution is 2.25. The van der Waals surface area contributed by atoms with Crippen molar-refractivity contribution >= 4 is 16.9 Å². The van der Waals surface area contributed by atoms with Crippen molar-refractivity contribution in [3.63, 3.8) is 0 Å². The highest BCUT2D eigenvalue weighted by Gasteiger charge is 2.39. The second-order valence-corrected chi connectivity index (χ2v) is 4.48. The monoisotopic (exact) mass is 222 g/mol. The Morgan fingerprint density at radius 2 is 2.14 bits per heavy atom. The van der Waals surface area contributed by atoms with Crippen LogP contribution in [0.15, 0.2) is 0 Å². The second-order valence-electron chi connectivity index (χ2n) is 3.07. The lowest BCUT2D eigenvalue weighted by atomic mass is 10.1. The van der Waals surface area contributed by atoms with Crippen LogP contribution >= 0.6 is 11.8 Å². The molecule has 1 rings (SSSR count). The highest BCUT2D eigenvalue weighted by molar-refractivity contribution is 8.14. The van der Waals surface area contributed by atoms with E-state index in [4.69, 9.17) is 9.47 Å². The number of aliphatic hydroxyl groups is 2. The van der Waals surface area contributed by atoms with Crippen molar-refractivity contribution in [3.8, 4) is 0 Å². The molecule has 1 heterocycles. The molecule has 0 radical (unpaired) electrons. The van der Waals surface area contributed by atoms with Gasteiger partial charge in [0.05, 0.1) is 18.0 Å². The third-order valence-corrected chi connectivity index (χ3v) is 3.03. The van der Waals surface area contributed by atoms with Crippen LogP contribution in [0.4, 0.5) is 0 Å². The molecule has 1 unspecified atom stereocenters. The molecule has 5 nitrogen and oxygen atoms in total. The maximum atomic E-state index is 10.8. The van der Waals surface area contributed by atoms with Crippen molar-refractivity contribution in [2.45, 2.75) is 30.7 Å². The standard InChI is InChI=1S/C8H14O5S/c1-4(9)14-5-3-13-8(12-2)7(11)6(5)10/h5-8,10-11H,3H2,1-2H3/t5-,6-,7?,8+/m1/s1. The number of aliphatic hydroxyl groups excluding tert-OH is 2. The number of hydrogen-bond donors (Lipinski definition) is 2. The fourth-order valence-corrected chi connectivity index (χ4v) is 2.17. The predicted octanol–water partition coefficient (Wildman–Crippen LogP) is -0.641. The Balaban J connectivity index is 2.54. The number of hydrogen-bond acceptors (Lipinski definition) is 6. The zero-order valence-corrected chi connectivity index (χ0v) is 8.86. The quantitative estimate of drug-likeness (QED) is 0.647. The van der Waals surface area contributed by atoms with E-state index in [9.17, 15) is 15.0 Å². The Kier molecular flexibility index (Phi) is 4.33. The van der Waals surface area contributed by atoms with Gasteiger partial charge in [-0.25, -0.2) is 0 Å². The first-order valence-electron chi connectivity index (χ1n) is 4.24. The molecule has 0 aromatic carbocycles. The molecule has 0 aromatic rings. The van der Waals surface area contributed by atoms with E-state index in [0.29, 0.717) is 0 Å². The van der Waals surface area contributed by atoms with E-state index in [1.165, 1.54) is 14.0 Å². The van der Waals surface area contributed by atoms with Crippen LogP contribution in [0.3, 0.4) is 0 Å². The van der Waals surface area contributed by atoms with Crippen molar-refractivity contribution in [1.29, 1.82) is 0 Å². The van der Waals surface area contributed by atoms with Gasteiger partial charge in [0.25, 0.3) is 0 Å². The summed E-state index contributed by atoms with van der Waals surface area (Å²) in [5.41, 5.74) is 0. The highest BCUT2D eigenvalue weighted by atomic mass is 32.2. The molecule has 14 heavy (non-hydrogen) atoms. The summed E-state index contributed by atoms with van der Waals surface area (Å²) in [4.78, 5) is 10.8. The minimum Gasteiger partial charge on any atom is -0.389 e. The molecule has 82 valence electrons. The number of carbonyl (C=O) groups excluding carboxylic acids is 1. The second kappa shape index (κ2) is 5.09.